The van der Waals surface area contributed by atoms with Crippen molar-refractivity contribution >= 4 is 5.91 Å². The van der Waals surface area contributed by atoms with Crippen LogP contribution in [0.3, 0.4) is 0 Å². The SMILES string of the molecule is O=C(NCC1CCCC1)c1cn(C2CCNCC2)nn1. The van der Waals surface area contributed by atoms with Gasteiger partial charge in [0.05, 0.1) is 12.2 Å². The zero-order valence-corrected chi connectivity index (χ0v) is 11.8. The number of piperidine rings is 1. The average molecular weight is 277 g/mol. The smallest absolute Gasteiger partial charge is 0.273 e. The normalized spacial score (nSPS) is 21.2. The van der Waals surface area contributed by atoms with Gasteiger partial charge in [-0.15, -0.1) is 5.10 Å². The summed E-state index contributed by atoms with van der Waals surface area (Å²) in [5.74, 6) is 0.565. The van der Waals surface area contributed by atoms with Crippen LogP contribution in [0.15, 0.2) is 6.20 Å². The molecule has 1 aliphatic heterocycles. The van der Waals surface area contributed by atoms with Gasteiger partial charge in [0.15, 0.2) is 5.69 Å². The second-order valence-corrected chi connectivity index (χ2v) is 5.93. The molecule has 0 aromatic carbocycles. The van der Waals surface area contributed by atoms with Crippen molar-refractivity contribution in [3.8, 4) is 0 Å². The lowest BCUT2D eigenvalue weighted by atomic mass is 10.1. The lowest BCUT2D eigenvalue weighted by molar-refractivity contribution is 0.0942. The predicted octanol–water partition coefficient (Wildman–Crippen LogP) is 1.12. The van der Waals surface area contributed by atoms with Crippen LogP contribution >= 0.6 is 0 Å². The predicted molar refractivity (Wildman–Crippen MR) is 75.5 cm³/mol. The Balaban J connectivity index is 1.53. The van der Waals surface area contributed by atoms with Gasteiger partial charge in [-0.05, 0) is 44.7 Å². The van der Waals surface area contributed by atoms with Crippen molar-refractivity contribution in [3.63, 3.8) is 0 Å². The number of hydrogen-bond donors (Lipinski definition) is 2. The molecule has 0 atom stereocenters. The molecule has 1 aromatic rings. The van der Waals surface area contributed by atoms with Gasteiger partial charge in [-0.2, -0.15) is 0 Å². The van der Waals surface area contributed by atoms with E-state index >= 15 is 0 Å². The molecule has 2 fully saturated rings. The number of rotatable bonds is 4. The van der Waals surface area contributed by atoms with Crippen molar-refractivity contribution in [1.82, 2.24) is 25.6 Å². The van der Waals surface area contributed by atoms with Gasteiger partial charge in [0, 0.05) is 6.54 Å². The largest absolute Gasteiger partial charge is 0.350 e. The molecule has 1 aliphatic carbocycles. The molecule has 2 N–H and O–H groups in total. The molecule has 1 saturated carbocycles. The van der Waals surface area contributed by atoms with Crippen LogP contribution < -0.4 is 10.6 Å². The highest BCUT2D eigenvalue weighted by molar-refractivity contribution is 5.91. The molecule has 0 radical (unpaired) electrons. The number of carbonyl (C=O) groups is 1. The monoisotopic (exact) mass is 277 g/mol. The van der Waals surface area contributed by atoms with E-state index in [9.17, 15) is 4.79 Å². The fourth-order valence-corrected chi connectivity index (χ4v) is 3.17. The number of aromatic nitrogens is 3. The molecular weight excluding hydrogens is 254 g/mol. The Labute approximate surface area is 119 Å². The molecule has 6 heteroatoms. The highest BCUT2D eigenvalue weighted by Gasteiger charge is 2.20. The van der Waals surface area contributed by atoms with E-state index in [1.807, 2.05) is 4.68 Å². The van der Waals surface area contributed by atoms with Crippen LogP contribution in [0.5, 0.6) is 0 Å². The Bertz CT molecular complexity index is 446. The highest BCUT2D eigenvalue weighted by Crippen LogP contribution is 2.23. The molecule has 1 amide bonds. The minimum absolute atomic E-state index is 0.0860. The Morgan fingerprint density at radius 2 is 2.05 bits per heavy atom. The standard InChI is InChI=1S/C14H23N5O/c20-14(16-9-11-3-1-2-4-11)13-10-19(18-17-13)12-5-7-15-8-6-12/h10-12,15H,1-9H2,(H,16,20). The molecular formula is C14H23N5O. The van der Waals surface area contributed by atoms with Gasteiger partial charge >= 0.3 is 0 Å². The van der Waals surface area contributed by atoms with Crippen molar-refractivity contribution in [2.75, 3.05) is 19.6 Å². The quantitative estimate of drug-likeness (QED) is 0.865. The number of carbonyl (C=O) groups excluding carboxylic acids is 1. The van der Waals surface area contributed by atoms with Gasteiger partial charge in [0.1, 0.15) is 0 Å². The first-order valence-electron chi connectivity index (χ1n) is 7.73. The molecule has 6 nitrogen and oxygen atoms in total. The molecule has 0 bridgehead atoms. The summed E-state index contributed by atoms with van der Waals surface area (Å²) in [4.78, 5) is 12.1. The summed E-state index contributed by atoms with van der Waals surface area (Å²) in [5, 5.41) is 14.5. The molecule has 0 unspecified atom stereocenters. The fourth-order valence-electron chi connectivity index (χ4n) is 3.17. The number of nitrogens with zero attached hydrogens (tertiary/aromatic N) is 3. The zero-order chi connectivity index (χ0) is 13.8. The van der Waals surface area contributed by atoms with Gasteiger partial charge in [0.25, 0.3) is 5.91 Å². The summed E-state index contributed by atoms with van der Waals surface area (Å²) >= 11 is 0. The van der Waals surface area contributed by atoms with Crippen molar-refractivity contribution in [1.29, 1.82) is 0 Å². The van der Waals surface area contributed by atoms with E-state index in [0.29, 0.717) is 17.7 Å². The second-order valence-electron chi connectivity index (χ2n) is 5.93. The number of nitrogens with one attached hydrogen (secondary N) is 2. The van der Waals surface area contributed by atoms with E-state index < -0.39 is 0 Å². The molecule has 1 aromatic heterocycles. The van der Waals surface area contributed by atoms with Crippen LogP contribution in [-0.4, -0.2) is 40.5 Å². The minimum atomic E-state index is -0.0860. The second kappa shape index (κ2) is 6.35. The molecule has 2 heterocycles. The third-order valence-corrected chi connectivity index (χ3v) is 4.45. The summed E-state index contributed by atoms with van der Waals surface area (Å²) in [6, 6.07) is 0.375. The van der Waals surface area contributed by atoms with Crippen LogP contribution in [0.4, 0.5) is 0 Å². The molecule has 110 valence electrons. The van der Waals surface area contributed by atoms with E-state index in [1.165, 1.54) is 25.7 Å². The zero-order valence-electron chi connectivity index (χ0n) is 11.8. The Morgan fingerprint density at radius 3 is 2.80 bits per heavy atom. The van der Waals surface area contributed by atoms with E-state index in [1.54, 1.807) is 6.20 Å². The number of hydrogen-bond acceptors (Lipinski definition) is 4. The van der Waals surface area contributed by atoms with E-state index in [-0.39, 0.29) is 5.91 Å². The fraction of sp³-hybridized carbons (Fsp3) is 0.786. The summed E-state index contributed by atoms with van der Waals surface area (Å²) in [5.41, 5.74) is 0.446. The molecule has 3 rings (SSSR count). The van der Waals surface area contributed by atoms with Crippen molar-refractivity contribution in [2.45, 2.75) is 44.6 Å². The van der Waals surface area contributed by atoms with Crippen molar-refractivity contribution in [3.05, 3.63) is 11.9 Å². The maximum Gasteiger partial charge on any atom is 0.273 e. The molecule has 2 aliphatic rings. The van der Waals surface area contributed by atoms with Crippen molar-refractivity contribution < 1.29 is 4.79 Å². The molecule has 0 spiro atoms. The lowest BCUT2D eigenvalue weighted by Crippen LogP contribution is -2.30. The van der Waals surface area contributed by atoms with Gasteiger partial charge in [-0.3, -0.25) is 4.79 Å². The van der Waals surface area contributed by atoms with E-state index in [0.717, 1.165) is 32.5 Å². The first kappa shape index (κ1) is 13.5. The first-order valence-corrected chi connectivity index (χ1v) is 7.73. The van der Waals surface area contributed by atoms with Crippen molar-refractivity contribution in [2.24, 2.45) is 5.92 Å². The Morgan fingerprint density at radius 1 is 1.30 bits per heavy atom. The van der Waals surface area contributed by atoms with Crippen LogP contribution in [0, 0.1) is 5.92 Å². The third-order valence-electron chi connectivity index (χ3n) is 4.45. The number of amides is 1. The van der Waals surface area contributed by atoms with Crippen LogP contribution in [-0.2, 0) is 0 Å². The molecule has 1 saturated heterocycles. The Kier molecular flexibility index (Phi) is 4.30. The van der Waals surface area contributed by atoms with Gasteiger partial charge in [-0.1, -0.05) is 18.1 Å². The maximum atomic E-state index is 12.1. The Hall–Kier alpha value is -1.43. The van der Waals surface area contributed by atoms with Gasteiger partial charge in [-0.25, -0.2) is 4.68 Å². The van der Waals surface area contributed by atoms with E-state index in [4.69, 9.17) is 0 Å². The topological polar surface area (TPSA) is 71.8 Å². The summed E-state index contributed by atoms with van der Waals surface area (Å²) in [6.45, 7) is 2.79. The molecule has 20 heavy (non-hydrogen) atoms. The summed E-state index contributed by atoms with van der Waals surface area (Å²) in [7, 11) is 0. The highest BCUT2D eigenvalue weighted by atomic mass is 16.2. The van der Waals surface area contributed by atoms with Crippen LogP contribution in [0.2, 0.25) is 0 Å². The minimum Gasteiger partial charge on any atom is -0.350 e. The average Bonchev–Trinajstić information content (AvgIpc) is 3.17. The summed E-state index contributed by atoms with van der Waals surface area (Å²) < 4.78 is 1.85. The lowest BCUT2D eigenvalue weighted by Gasteiger charge is -2.22. The third kappa shape index (κ3) is 3.17. The maximum absolute atomic E-state index is 12.1. The van der Waals surface area contributed by atoms with Gasteiger partial charge in [0.2, 0.25) is 0 Å². The summed E-state index contributed by atoms with van der Waals surface area (Å²) in [6.07, 6.45) is 8.96. The van der Waals surface area contributed by atoms with Crippen LogP contribution in [0.1, 0.15) is 55.1 Å². The van der Waals surface area contributed by atoms with Crippen LogP contribution in [0.25, 0.3) is 0 Å². The first-order chi connectivity index (χ1) is 9.83. The van der Waals surface area contributed by atoms with E-state index in [2.05, 4.69) is 20.9 Å². The van der Waals surface area contributed by atoms with Gasteiger partial charge < -0.3 is 10.6 Å².